The summed E-state index contributed by atoms with van der Waals surface area (Å²) in [5.41, 5.74) is 2.50. The van der Waals surface area contributed by atoms with E-state index in [1.165, 1.54) is 11.1 Å². The Morgan fingerprint density at radius 2 is 2.31 bits per heavy atom. The van der Waals surface area contributed by atoms with E-state index in [-0.39, 0.29) is 11.5 Å². The topological polar surface area (TPSA) is 45.2 Å². The summed E-state index contributed by atoms with van der Waals surface area (Å²) < 4.78 is 0. The van der Waals surface area contributed by atoms with Crippen molar-refractivity contribution in [2.45, 2.75) is 45.9 Å². The van der Waals surface area contributed by atoms with E-state index in [1.54, 1.807) is 0 Å². The lowest BCUT2D eigenvalue weighted by molar-refractivity contribution is -0.0730. The van der Waals surface area contributed by atoms with Gasteiger partial charge in [-0.3, -0.25) is 4.98 Å². The molecule has 2 unspecified atom stereocenters. The van der Waals surface area contributed by atoms with Gasteiger partial charge >= 0.3 is 0 Å². The molecule has 1 aliphatic rings. The highest BCUT2D eigenvalue weighted by Gasteiger charge is 2.46. The number of aryl methyl sites for hydroxylation is 1. The van der Waals surface area contributed by atoms with Crippen LogP contribution in [0.3, 0.4) is 0 Å². The predicted molar refractivity (Wildman–Crippen MR) is 64.0 cm³/mol. The fourth-order valence-corrected chi connectivity index (χ4v) is 2.18. The van der Waals surface area contributed by atoms with Crippen LogP contribution in [0, 0.1) is 12.3 Å². The lowest BCUT2D eigenvalue weighted by atomic mass is 9.64. The maximum Gasteiger partial charge on any atom is 0.0621 e. The number of nitrogens with one attached hydrogen (secondary N) is 1. The summed E-state index contributed by atoms with van der Waals surface area (Å²) in [5, 5.41) is 13.2. The summed E-state index contributed by atoms with van der Waals surface area (Å²) in [4.78, 5) is 4.08. The molecule has 0 aliphatic heterocycles. The van der Waals surface area contributed by atoms with E-state index in [0.717, 1.165) is 13.0 Å². The highest BCUT2D eigenvalue weighted by Crippen LogP contribution is 2.40. The second kappa shape index (κ2) is 4.15. The van der Waals surface area contributed by atoms with E-state index in [9.17, 15) is 5.11 Å². The number of hydrogen-bond donors (Lipinski definition) is 2. The zero-order valence-electron chi connectivity index (χ0n) is 10.2. The van der Waals surface area contributed by atoms with E-state index >= 15 is 0 Å². The van der Waals surface area contributed by atoms with Gasteiger partial charge in [-0.05, 0) is 30.5 Å². The number of aromatic nitrogens is 1. The van der Waals surface area contributed by atoms with Gasteiger partial charge < -0.3 is 10.4 Å². The molecule has 1 fully saturated rings. The predicted octanol–water partition coefficient (Wildman–Crippen LogP) is 1.64. The largest absolute Gasteiger partial charge is 0.392 e. The summed E-state index contributed by atoms with van der Waals surface area (Å²) in [5.74, 6) is 0. The van der Waals surface area contributed by atoms with Crippen LogP contribution in [0.4, 0.5) is 0 Å². The Labute approximate surface area is 96.9 Å². The van der Waals surface area contributed by atoms with E-state index < -0.39 is 0 Å². The summed E-state index contributed by atoms with van der Waals surface area (Å²) >= 11 is 0. The zero-order valence-corrected chi connectivity index (χ0v) is 10.2. The Bertz CT molecular complexity index is 376. The molecule has 0 spiro atoms. The Morgan fingerprint density at radius 3 is 2.88 bits per heavy atom. The molecule has 3 nitrogen and oxygen atoms in total. The first-order valence-corrected chi connectivity index (χ1v) is 5.82. The van der Waals surface area contributed by atoms with Crippen LogP contribution >= 0.6 is 0 Å². The van der Waals surface area contributed by atoms with Crippen molar-refractivity contribution in [1.29, 1.82) is 0 Å². The van der Waals surface area contributed by atoms with Crippen molar-refractivity contribution >= 4 is 0 Å². The van der Waals surface area contributed by atoms with Gasteiger partial charge in [-0.2, -0.15) is 0 Å². The van der Waals surface area contributed by atoms with Crippen LogP contribution in [-0.4, -0.2) is 22.2 Å². The van der Waals surface area contributed by atoms with Gasteiger partial charge in [-0.1, -0.05) is 13.8 Å². The van der Waals surface area contributed by atoms with Crippen molar-refractivity contribution in [3.8, 4) is 0 Å². The molecule has 1 saturated carbocycles. The number of aliphatic hydroxyl groups is 1. The van der Waals surface area contributed by atoms with Gasteiger partial charge in [0.25, 0.3) is 0 Å². The van der Waals surface area contributed by atoms with E-state index in [1.807, 2.05) is 18.5 Å². The van der Waals surface area contributed by atoms with Crippen molar-refractivity contribution < 1.29 is 5.11 Å². The van der Waals surface area contributed by atoms with Crippen LogP contribution in [0.15, 0.2) is 18.5 Å². The van der Waals surface area contributed by atoms with Crippen molar-refractivity contribution in [3.63, 3.8) is 0 Å². The maximum absolute atomic E-state index is 9.65. The van der Waals surface area contributed by atoms with Crippen LogP contribution in [0.2, 0.25) is 0 Å². The van der Waals surface area contributed by atoms with Gasteiger partial charge in [0.1, 0.15) is 0 Å². The van der Waals surface area contributed by atoms with Crippen LogP contribution in [0.25, 0.3) is 0 Å². The molecule has 0 aromatic carbocycles. The van der Waals surface area contributed by atoms with Crippen molar-refractivity contribution in [2.24, 2.45) is 5.41 Å². The molecule has 1 heterocycles. The van der Waals surface area contributed by atoms with Gasteiger partial charge in [0.05, 0.1) is 6.10 Å². The third-order valence-corrected chi connectivity index (χ3v) is 3.89. The average molecular weight is 220 g/mol. The number of rotatable bonds is 3. The highest BCUT2D eigenvalue weighted by atomic mass is 16.3. The molecular weight excluding hydrogens is 200 g/mol. The van der Waals surface area contributed by atoms with Gasteiger partial charge in [0.2, 0.25) is 0 Å². The number of hydrogen-bond acceptors (Lipinski definition) is 3. The van der Waals surface area contributed by atoms with Crippen LogP contribution in [0.5, 0.6) is 0 Å². The number of nitrogens with zero attached hydrogens (tertiary/aromatic N) is 1. The second-order valence-corrected chi connectivity index (χ2v) is 5.31. The molecule has 16 heavy (non-hydrogen) atoms. The minimum Gasteiger partial charge on any atom is -0.392 e. The molecule has 0 bridgehead atoms. The summed E-state index contributed by atoms with van der Waals surface area (Å²) in [6.07, 6.45) is 4.41. The number of pyridine rings is 1. The van der Waals surface area contributed by atoms with Crippen molar-refractivity contribution in [2.75, 3.05) is 0 Å². The lowest BCUT2D eigenvalue weighted by Gasteiger charge is -2.49. The molecule has 1 aromatic heterocycles. The minimum atomic E-state index is -0.163. The normalized spacial score (nSPS) is 27.5. The SMILES string of the molecule is Cc1cnccc1CNC1CC(O)C1(C)C. The molecule has 1 aromatic rings. The Balaban J connectivity index is 1.92. The van der Waals surface area contributed by atoms with Gasteiger partial charge in [0, 0.05) is 30.4 Å². The molecule has 0 saturated heterocycles. The molecule has 2 rings (SSSR count). The zero-order chi connectivity index (χ0) is 11.8. The first kappa shape index (κ1) is 11.6. The van der Waals surface area contributed by atoms with Crippen molar-refractivity contribution in [1.82, 2.24) is 10.3 Å². The molecule has 1 aliphatic carbocycles. The molecule has 0 radical (unpaired) electrons. The smallest absolute Gasteiger partial charge is 0.0621 e. The van der Waals surface area contributed by atoms with Gasteiger partial charge in [-0.25, -0.2) is 0 Å². The Hall–Kier alpha value is -0.930. The maximum atomic E-state index is 9.65. The molecular formula is C13H20N2O. The first-order valence-electron chi connectivity index (χ1n) is 5.82. The fourth-order valence-electron chi connectivity index (χ4n) is 2.18. The van der Waals surface area contributed by atoms with Gasteiger partial charge in [-0.15, -0.1) is 0 Å². The lowest BCUT2D eigenvalue weighted by Crippen LogP contribution is -2.59. The molecule has 88 valence electrons. The molecule has 3 heteroatoms. The third kappa shape index (κ3) is 1.97. The van der Waals surface area contributed by atoms with Crippen LogP contribution in [-0.2, 0) is 6.54 Å². The van der Waals surface area contributed by atoms with E-state index in [4.69, 9.17) is 0 Å². The summed E-state index contributed by atoms with van der Waals surface area (Å²) in [6, 6.07) is 2.46. The Kier molecular flexibility index (Phi) is 3.00. The first-order chi connectivity index (χ1) is 7.51. The average Bonchev–Trinajstić information content (AvgIpc) is 2.26. The monoisotopic (exact) mass is 220 g/mol. The summed E-state index contributed by atoms with van der Waals surface area (Å²) in [7, 11) is 0. The van der Waals surface area contributed by atoms with Gasteiger partial charge in [0.15, 0.2) is 0 Å². The highest BCUT2D eigenvalue weighted by molar-refractivity contribution is 5.21. The Morgan fingerprint density at radius 1 is 1.56 bits per heavy atom. The van der Waals surface area contributed by atoms with E-state index in [2.05, 4.69) is 31.1 Å². The molecule has 2 N–H and O–H groups in total. The third-order valence-electron chi connectivity index (χ3n) is 3.89. The van der Waals surface area contributed by atoms with Crippen LogP contribution in [0.1, 0.15) is 31.4 Å². The number of aliphatic hydroxyl groups excluding tert-OH is 1. The standard InChI is InChI=1S/C13H20N2O/c1-9-7-14-5-4-10(9)8-15-11-6-12(16)13(11,2)3/h4-5,7,11-12,15-16H,6,8H2,1-3H3. The molecule has 0 amide bonds. The van der Waals surface area contributed by atoms with Crippen molar-refractivity contribution in [3.05, 3.63) is 29.6 Å². The summed E-state index contributed by atoms with van der Waals surface area (Å²) in [6.45, 7) is 7.15. The fraction of sp³-hybridized carbons (Fsp3) is 0.615. The quantitative estimate of drug-likeness (QED) is 0.814. The second-order valence-electron chi connectivity index (χ2n) is 5.31. The minimum absolute atomic E-state index is 0.000928. The van der Waals surface area contributed by atoms with Crippen LogP contribution < -0.4 is 5.32 Å². The van der Waals surface area contributed by atoms with E-state index in [0.29, 0.717) is 6.04 Å². The molecule has 2 atom stereocenters.